The molecule has 0 saturated heterocycles. The minimum atomic E-state index is 0.328. The Morgan fingerprint density at radius 2 is 2.24 bits per heavy atom. The molecular formula is C17H23N3O. The lowest BCUT2D eigenvalue weighted by Gasteiger charge is -2.25. The Bertz CT molecular complexity index is 606. The van der Waals surface area contributed by atoms with Crippen LogP contribution >= 0.6 is 0 Å². The van der Waals surface area contributed by atoms with Crippen molar-refractivity contribution < 1.29 is 4.74 Å². The average Bonchev–Trinajstić information content (AvgIpc) is 2.89. The number of para-hydroxylation sites is 2. The fraction of sp³-hybridized carbons (Fsp3) is 0.471. The zero-order valence-corrected chi connectivity index (χ0v) is 12.8. The molecule has 0 saturated carbocycles. The SMILES string of the molecule is CCCOc1ccccc1NC1CCCc2c1cnn2C. The molecule has 0 spiro atoms. The van der Waals surface area contributed by atoms with E-state index >= 15 is 0 Å². The summed E-state index contributed by atoms with van der Waals surface area (Å²) in [6, 6.07) is 8.52. The van der Waals surface area contributed by atoms with Gasteiger partial charge in [-0.25, -0.2) is 0 Å². The second-order valence-electron chi connectivity index (χ2n) is 5.60. The molecule has 1 aromatic carbocycles. The van der Waals surface area contributed by atoms with E-state index in [0.29, 0.717) is 6.04 Å². The maximum Gasteiger partial charge on any atom is 0.142 e. The fourth-order valence-corrected chi connectivity index (χ4v) is 2.97. The van der Waals surface area contributed by atoms with Crippen molar-refractivity contribution in [3.63, 3.8) is 0 Å². The van der Waals surface area contributed by atoms with E-state index in [-0.39, 0.29) is 0 Å². The Kier molecular flexibility index (Phi) is 4.13. The molecule has 0 aliphatic heterocycles. The van der Waals surface area contributed by atoms with Crippen LogP contribution in [0.4, 0.5) is 5.69 Å². The second-order valence-corrected chi connectivity index (χ2v) is 5.60. The quantitative estimate of drug-likeness (QED) is 0.910. The van der Waals surface area contributed by atoms with Crippen LogP contribution in [0.15, 0.2) is 30.5 Å². The zero-order chi connectivity index (χ0) is 14.7. The Morgan fingerprint density at radius 1 is 1.38 bits per heavy atom. The van der Waals surface area contributed by atoms with Gasteiger partial charge in [0.25, 0.3) is 0 Å². The normalized spacial score (nSPS) is 17.3. The molecule has 0 radical (unpaired) electrons. The van der Waals surface area contributed by atoms with Crippen LogP contribution in [-0.2, 0) is 13.5 Å². The summed E-state index contributed by atoms with van der Waals surface area (Å²) in [5.41, 5.74) is 3.76. The van der Waals surface area contributed by atoms with Gasteiger partial charge in [-0.3, -0.25) is 4.68 Å². The molecule has 4 heteroatoms. The van der Waals surface area contributed by atoms with Gasteiger partial charge in [0.05, 0.1) is 24.5 Å². The van der Waals surface area contributed by atoms with Crippen molar-refractivity contribution in [3.8, 4) is 5.75 Å². The highest BCUT2D eigenvalue weighted by molar-refractivity contribution is 5.57. The van der Waals surface area contributed by atoms with Crippen LogP contribution in [0, 0.1) is 0 Å². The Balaban J connectivity index is 1.81. The molecule has 1 N–H and O–H groups in total. The molecule has 2 aromatic rings. The molecule has 1 aromatic heterocycles. The maximum atomic E-state index is 5.84. The van der Waals surface area contributed by atoms with E-state index < -0.39 is 0 Å². The lowest BCUT2D eigenvalue weighted by Crippen LogP contribution is -2.18. The topological polar surface area (TPSA) is 39.1 Å². The van der Waals surface area contributed by atoms with E-state index in [4.69, 9.17) is 4.74 Å². The predicted octanol–water partition coefficient (Wildman–Crippen LogP) is 3.70. The molecule has 1 heterocycles. The summed E-state index contributed by atoms with van der Waals surface area (Å²) in [7, 11) is 2.03. The average molecular weight is 285 g/mol. The van der Waals surface area contributed by atoms with E-state index in [0.717, 1.165) is 37.3 Å². The van der Waals surface area contributed by atoms with E-state index in [2.05, 4.69) is 23.4 Å². The van der Waals surface area contributed by atoms with E-state index in [9.17, 15) is 0 Å². The van der Waals surface area contributed by atoms with Crippen LogP contribution in [0.2, 0.25) is 0 Å². The molecule has 1 unspecified atom stereocenters. The molecule has 0 fully saturated rings. The zero-order valence-electron chi connectivity index (χ0n) is 12.8. The van der Waals surface area contributed by atoms with Gasteiger partial charge in [-0.2, -0.15) is 5.10 Å². The van der Waals surface area contributed by atoms with E-state index in [1.54, 1.807) is 0 Å². The van der Waals surface area contributed by atoms with Crippen molar-refractivity contribution in [1.82, 2.24) is 9.78 Å². The van der Waals surface area contributed by atoms with Crippen molar-refractivity contribution in [2.24, 2.45) is 7.05 Å². The molecule has 1 aliphatic carbocycles. The van der Waals surface area contributed by atoms with Gasteiger partial charge in [0.2, 0.25) is 0 Å². The number of ether oxygens (including phenoxy) is 1. The number of nitrogens with zero attached hydrogens (tertiary/aromatic N) is 2. The molecular weight excluding hydrogens is 262 g/mol. The summed E-state index contributed by atoms with van der Waals surface area (Å²) in [5.74, 6) is 0.940. The molecule has 4 nitrogen and oxygen atoms in total. The summed E-state index contributed by atoms with van der Waals surface area (Å²) in [4.78, 5) is 0. The van der Waals surface area contributed by atoms with Gasteiger partial charge in [0.1, 0.15) is 5.75 Å². The fourth-order valence-electron chi connectivity index (χ4n) is 2.97. The van der Waals surface area contributed by atoms with Gasteiger partial charge in [0, 0.05) is 18.3 Å². The van der Waals surface area contributed by atoms with Gasteiger partial charge >= 0.3 is 0 Å². The van der Waals surface area contributed by atoms with Crippen LogP contribution in [0.5, 0.6) is 5.75 Å². The number of benzene rings is 1. The third-order valence-corrected chi connectivity index (χ3v) is 4.05. The number of anilines is 1. The molecule has 112 valence electrons. The molecule has 3 rings (SSSR count). The molecule has 0 bridgehead atoms. The highest BCUT2D eigenvalue weighted by atomic mass is 16.5. The summed E-state index contributed by atoms with van der Waals surface area (Å²) >= 11 is 0. The van der Waals surface area contributed by atoms with Crippen molar-refractivity contribution in [1.29, 1.82) is 0 Å². The van der Waals surface area contributed by atoms with Gasteiger partial charge in [-0.15, -0.1) is 0 Å². The smallest absolute Gasteiger partial charge is 0.142 e. The van der Waals surface area contributed by atoms with Gasteiger partial charge in [0.15, 0.2) is 0 Å². The number of nitrogens with one attached hydrogen (secondary N) is 1. The molecule has 1 atom stereocenters. The lowest BCUT2D eigenvalue weighted by atomic mass is 9.93. The summed E-state index contributed by atoms with van der Waals surface area (Å²) in [6.45, 7) is 2.88. The van der Waals surface area contributed by atoms with Gasteiger partial charge in [-0.05, 0) is 37.8 Å². The number of hydrogen-bond donors (Lipinski definition) is 1. The van der Waals surface area contributed by atoms with Crippen molar-refractivity contribution in [2.75, 3.05) is 11.9 Å². The van der Waals surface area contributed by atoms with Crippen LogP contribution in [0.1, 0.15) is 43.5 Å². The van der Waals surface area contributed by atoms with Gasteiger partial charge < -0.3 is 10.1 Å². The van der Waals surface area contributed by atoms with Crippen molar-refractivity contribution in [2.45, 2.75) is 38.6 Å². The lowest BCUT2D eigenvalue weighted by molar-refractivity contribution is 0.318. The number of hydrogen-bond acceptors (Lipinski definition) is 3. The summed E-state index contributed by atoms with van der Waals surface area (Å²) in [6.07, 6.45) is 6.48. The van der Waals surface area contributed by atoms with Crippen LogP contribution in [0.3, 0.4) is 0 Å². The monoisotopic (exact) mass is 285 g/mol. The summed E-state index contributed by atoms with van der Waals surface area (Å²) in [5, 5.41) is 8.06. The Morgan fingerprint density at radius 3 is 3.10 bits per heavy atom. The number of aromatic nitrogens is 2. The first-order valence-corrected chi connectivity index (χ1v) is 7.78. The Hall–Kier alpha value is -1.97. The van der Waals surface area contributed by atoms with Crippen LogP contribution in [0.25, 0.3) is 0 Å². The third-order valence-electron chi connectivity index (χ3n) is 4.05. The first-order chi connectivity index (χ1) is 10.3. The summed E-state index contributed by atoms with van der Waals surface area (Å²) < 4.78 is 7.84. The van der Waals surface area contributed by atoms with Crippen molar-refractivity contribution in [3.05, 3.63) is 41.7 Å². The number of aryl methyl sites for hydroxylation is 1. The first-order valence-electron chi connectivity index (χ1n) is 7.78. The standard InChI is InChI=1S/C17H23N3O/c1-3-11-21-17-10-5-4-7-15(17)19-14-8-6-9-16-13(14)12-18-20(16)2/h4-5,7,10,12,14,19H,3,6,8-9,11H2,1-2H3. The van der Waals surface area contributed by atoms with Crippen LogP contribution in [-0.4, -0.2) is 16.4 Å². The predicted molar refractivity (Wildman–Crippen MR) is 84.7 cm³/mol. The molecule has 1 aliphatic rings. The minimum absolute atomic E-state index is 0.328. The van der Waals surface area contributed by atoms with E-state index in [1.165, 1.54) is 17.7 Å². The first kappa shape index (κ1) is 14.0. The van der Waals surface area contributed by atoms with E-state index in [1.807, 2.05) is 36.1 Å². The van der Waals surface area contributed by atoms with Crippen LogP contribution < -0.4 is 10.1 Å². The maximum absolute atomic E-state index is 5.84. The third kappa shape index (κ3) is 2.89. The highest BCUT2D eigenvalue weighted by Crippen LogP contribution is 2.35. The van der Waals surface area contributed by atoms with Gasteiger partial charge in [-0.1, -0.05) is 19.1 Å². The molecule has 21 heavy (non-hydrogen) atoms. The number of fused-ring (bicyclic) bond motifs is 1. The number of rotatable bonds is 5. The molecule has 0 amide bonds. The minimum Gasteiger partial charge on any atom is -0.491 e. The largest absolute Gasteiger partial charge is 0.491 e. The second kappa shape index (κ2) is 6.20. The van der Waals surface area contributed by atoms with Crippen molar-refractivity contribution >= 4 is 5.69 Å². The highest BCUT2D eigenvalue weighted by Gasteiger charge is 2.23. The Labute approximate surface area is 126 Å².